The highest BCUT2D eigenvalue weighted by molar-refractivity contribution is 5.87. The van der Waals surface area contributed by atoms with E-state index in [2.05, 4.69) is 24.1 Å². The second-order valence-electron chi connectivity index (χ2n) is 9.74. The fraction of sp³-hybridized carbons (Fsp3) is 0.708. The van der Waals surface area contributed by atoms with Gasteiger partial charge in [-0.25, -0.2) is 0 Å². The SMILES string of the molecule is CC(C)CCCN1CC2[C@H](C1)[C@H]2NC(=O)C(O)(c1ccccc1)C1CCCC1. The number of likely N-dealkylation sites (tertiary alicyclic amines) is 1. The maximum absolute atomic E-state index is 13.3. The largest absolute Gasteiger partial charge is 0.375 e. The molecule has 2 N–H and O–H groups in total. The van der Waals surface area contributed by atoms with Crippen LogP contribution in [-0.4, -0.2) is 41.6 Å². The Bertz CT molecular complexity index is 658. The lowest BCUT2D eigenvalue weighted by Gasteiger charge is -2.33. The smallest absolute Gasteiger partial charge is 0.257 e. The summed E-state index contributed by atoms with van der Waals surface area (Å²) >= 11 is 0. The Morgan fingerprint density at radius 3 is 2.43 bits per heavy atom. The molecule has 4 heteroatoms. The maximum atomic E-state index is 13.3. The molecular formula is C24H36N2O2. The molecule has 4 nitrogen and oxygen atoms in total. The summed E-state index contributed by atoms with van der Waals surface area (Å²) in [4.78, 5) is 15.8. The van der Waals surface area contributed by atoms with Crippen LogP contribution in [0.4, 0.5) is 0 Å². The fourth-order valence-electron chi connectivity index (χ4n) is 5.58. The first kappa shape index (κ1) is 19.9. The molecule has 4 atom stereocenters. The summed E-state index contributed by atoms with van der Waals surface area (Å²) in [6.07, 6.45) is 6.63. The first-order chi connectivity index (χ1) is 13.5. The molecule has 1 amide bonds. The maximum Gasteiger partial charge on any atom is 0.257 e. The Labute approximate surface area is 169 Å². The summed E-state index contributed by atoms with van der Waals surface area (Å²) in [5.41, 5.74) is -0.633. The molecule has 4 rings (SSSR count). The summed E-state index contributed by atoms with van der Waals surface area (Å²) < 4.78 is 0. The predicted molar refractivity (Wildman–Crippen MR) is 112 cm³/mol. The molecule has 0 spiro atoms. The van der Waals surface area contributed by atoms with Crippen molar-refractivity contribution < 1.29 is 9.90 Å². The van der Waals surface area contributed by atoms with Gasteiger partial charge in [0, 0.05) is 25.0 Å². The number of aliphatic hydroxyl groups is 1. The van der Waals surface area contributed by atoms with Crippen molar-refractivity contribution in [1.29, 1.82) is 0 Å². The van der Waals surface area contributed by atoms with E-state index in [1.54, 1.807) is 0 Å². The molecule has 2 saturated carbocycles. The molecule has 2 aliphatic carbocycles. The van der Waals surface area contributed by atoms with E-state index < -0.39 is 5.60 Å². The van der Waals surface area contributed by atoms with Crippen molar-refractivity contribution in [2.45, 2.75) is 64.0 Å². The molecule has 154 valence electrons. The van der Waals surface area contributed by atoms with Crippen LogP contribution in [0.1, 0.15) is 57.9 Å². The van der Waals surface area contributed by atoms with Gasteiger partial charge in [-0.3, -0.25) is 4.79 Å². The van der Waals surface area contributed by atoms with E-state index in [4.69, 9.17) is 0 Å². The Hall–Kier alpha value is -1.39. The van der Waals surface area contributed by atoms with Crippen molar-refractivity contribution in [2.75, 3.05) is 19.6 Å². The first-order valence-corrected chi connectivity index (χ1v) is 11.3. The molecule has 1 saturated heterocycles. The Balaban J connectivity index is 1.36. The molecule has 28 heavy (non-hydrogen) atoms. The molecule has 1 aromatic carbocycles. The number of nitrogens with one attached hydrogen (secondary N) is 1. The third-order valence-corrected chi connectivity index (χ3v) is 7.33. The van der Waals surface area contributed by atoms with E-state index >= 15 is 0 Å². The van der Waals surface area contributed by atoms with Crippen molar-refractivity contribution in [2.24, 2.45) is 23.7 Å². The number of benzene rings is 1. The van der Waals surface area contributed by atoms with Crippen LogP contribution in [0, 0.1) is 23.7 Å². The Morgan fingerprint density at radius 2 is 1.82 bits per heavy atom. The second-order valence-corrected chi connectivity index (χ2v) is 9.74. The zero-order chi connectivity index (χ0) is 19.7. The van der Waals surface area contributed by atoms with E-state index in [1.807, 2.05) is 30.3 Å². The number of amides is 1. The van der Waals surface area contributed by atoms with Crippen LogP contribution in [0.2, 0.25) is 0 Å². The molecule has 3 aliphatic rings. The molecule has 0 bridgehead atoms. The van der Waals surface area contributed by atoms with E-state index in [0.29, 0.717) is 11.8 Å². The van der Waals surface area contributed by atoms with Crippen LogP contribution < -0.4 is 5.32 Å². The highest BCUT2D eigenvalue weighted by atomic mass is 16.3. The minimum absolute atomic E-state index is 0.0287. The van der Waals surface area contributed by atoms with Crippen LogP contribution in [0.3, 0.4) is 0 Å². The quantitative estimate of drug-likeness (QED) is 0.721. The monoisotopic (exact) mass is 384 g/mol. The van der Waals surface area contributed by atoms with Gasteiger partial charge >= 0.3 is 0 Å². The highest BCUT2D eigenvalue weighted by Crippen LogP contribution is 2.47. The van der Waals surface area contributed by atoms with Gasteiger partial charge in [0.05, 0.1) is 0 Å². The number of hydrogen-bond acceptors (Lipinski definition) is 3. The number of hydrogen-bond donors (Lipinski definition) is 2. The van der Waals surface area contributed by atoms with Gasteiger partial charge in [-0.1, -0.05) is 57.0 Å². The second kappa shape index (κ2) is 8.16. The summed E-state index contributed by atoms with van der Waals surface area (Å²) in [7, 11) is 0. The van der Waals surface area contributed by atoms with E-state index in [9.17, 15) is 9.90 Å². The van der Waals surface area contributed by atoms with Gasteiger partial charge in [-0.15, -0.1) is 0 Å². The molecule has 3 fully saturated rings. The van der Waals surface area contributed by atoms with Gasteiger partial charge in [0.1, 0.15) is 0 Å². The minimum Gasteiger partial charge on any atom is -0.375 e. The van der Waals surface area contributed by atoms with Gasteiger partial charge in [0.15, 0.2) is 5.60 Å². The standard InChI is InChI=1S/C24H36N2O2/c1-17(2)9-8-14-26-15-20-21(16-26)22(20)25-23(27)24(28,19-12-6-7-13-19)18-10-4-3-5-11-18/h3-5,10-11,17,19-22,28H,6-9,12-16H2,1-2H3,(H,25,27)/t20-,21?,22+,24?/m0/s1. The molecular weight excluding hydrogens is 348 g/mol. The Kier molecular flexibility index (Phi) is 5.80. The molecule has 1 aliphatic heterocycles. The first-order valence-electron chi connectivity index (χ1n) is 11.3. The van der Waals surface area contributed by atoms with Gasteiger partial charge in [-0.05, 0) is 55.5 Å². The van der Waals surface area contributed by atoms with E-state index in [1.165, 1.54) is 19.4 Å². The van der Waals surface area contributed by atoms with Crippen molar-refractivity contribution in [3.05, 3.63) is 35.9 Å². The topological polar surface area (TPSA) is 52.6 Å². The number of fused-ring (bicyclic) bond motifs is 1. The number of piperidine rings is 1. The van der Waals surface area contributed by atoms with Crippen molar-refractivity contribution in [3.8, 4) is 0 Å². The lowest BCUT2D eigenvalue weighted by atomic mass is 9.79. The predicted octanol–water partition coefficient (Wildman–Crippen LogP) is 3.55. The number of carbonyl (C=O) groups excluding carboxylic acids is 1. The minimum atomic E-state index is -1.38. The molecule has 0 radical (unpaired) electrons. The summed E-state index contributed by atoms with van der Waals surface area (Å²) in [6.45, 7) is 7.94. The zero-order valence-corrected chi connectivity index (χ0v) is 17.4. The van der Waals surface area contributed by atoms with E-state index in [-0.39, 0.29) is 17.9 Å². The van der Waals surface area contributed by atoms with Crippen LogP contribution in [-0.2, 0) is 10.4 Å². The lowest BCUT2D eigenvalue weighted by Crippen LogP contribution is -2.51. The van der Waals surface area contributed by atoms with Crippen molar-refractivity contribution in [1.82, 2.24) is 10.2 Å². The third kappa shape index (κ3) is 3.86. The van der Waals surface area contributed by atoms with Gasteiger partial charge in [-0.2, -0.15) is 0 Å². The average Bonchev–Trinajstić information content (AvgIpc) is 3.11. The zero-order valence-electron chi connectivity index (χ0n) is 17.4. The summed E-state index contributed by atoms with van der Waals surface area (Å²) in [5.74, 6) is 1.78. The van der Waals surface area contributed by atoms with Crippen LogP contribution in [0.25, 0.3) is 0 Å². The number of rotatable bonds is 8. The van der Waals surface area contributed by atoms with Crippen LogP contribution in [0.5, 0.6) is 0 Å². The lowest BCUT2D eigenvalue weighted by molar-refractivity contribution is -0.147. The van der Waals surface area contributed by atoms with Gasteiger partial charge < -0.3 is 15.3 Å². The number of carbonyl (C=O) groups is 1. The van der Waals surface area contributed by atoms with Gasteiger partial charge in [0.25, 0.3) is 5.91 Å². The average molecular weight is 385 g/mol. The number of nitrogens with zero attached hydrogens (tertiary/aromatic N) is 1. The summed E-state index contributed by atoms with van der Waals surface area (Å²) in [6, 6.07) is 9.85. The van der Waals surface area contributed by atoms with Crippen LogP contribution >= 0.6 is 0 Å². The fourth-order valence-corrected chi connectivity index (χ4v) is 5.58. The molecule has 1 aromatic rings. The van der Waals surface area contributed by atoms with E-state index in [0.717, 1.165) is 50.3 Å². The molecule has 2 unspecified atom stereocenters. The van der Waals surface area contributed by atoms with Crippen molar-refractivity contribution >= 4 is 5.91 Å². The van der Waals surface area contributed by atoms with Gasteiger partial charge in [0.2, 0.25) is 0 Å². The molecule has 0 aromatic heterocycles. The normalized spacial score (nSPS) is 29.6. The van der Waals surface area contributed by atoms with Crippen molar-refractivity contribution in [3.63, 3.8) is 0 Å². The molecule has 1 heterocycles. The third-order valence-electron chi connectivity index (χ3n) is 7.33. The van der Waals surface area contributed by atoms with Crippen LogP contribution in [0.15, 0.2) is 30.3 Å². The highest BCUT2D eigenvalue weighted by Gasteiger charge is 2.58. The Morgan fingerprint density at radius 1 is 1.18 bits per heavy atom. The summed E-state index contributed by atoms with van der Waals surface area (Å²) in [5, 5.41) is 14.8.